The number of thioether (sulfide) groups is 1. The summed E-state index contributed by atoms with van der Waals surface area (Å²) in [6, 6.07) is 4.14. The first kappa shape index (κ1) is 19.5. The van der Waals surface area contributed by atoms with Gasteiger partial charge in [0, 0.05) is 24.0 Å². The van der Waals surface area contributed by atoms with E-state index in [0.29, 0.717) is 5.69 Å². The van der Waals surface area contributed by atoms with Gasteiger partial charge in [-0.05, 0) is 32.4 Å². The topological polar surface area (TPSA) is 65.4 Å². The Labute approximate surface area is 160 Å². The molecule has 9 heteroatoms. The normalized spacial score (nSPS) is 14.4. The maximum absolute atomic E-state index is 13.1. The summed E-state index contributed by atoms with van der Waals surface area (Å²) < 4.78 is 37.0. The molecule has 6 nitrogen and oxygen atoms in total. The Morgan fingerprint density at radius 3 is 2.78 bits per heavy atom. The first-order chi connectivity index (χ1) is 12.8. The Morgan fingerprint density at radius 1 is 1.30 bits per heavy atom. The molecule has 1 aliphatic rings. The second-order valence-corrected chi connectivity index (χ2v) is 7.18. The van der Waals surface area contributed by atoms with E-state index >= 15 is 0 Å². The van der Waals surface area contributed by atoms with Crippen LogP contribution < -0.4 is 14.8 Å². The van der Waals surface area contributed by atoms with Crippen molar-refractivity contribution in [1.82, 2.24) is 9.55 Å². The molecule has 2 heterocycles. The summed E-state index contributed by atoms with van der Waals surface area (Å²) in [6.45, 7) is 6.96. The number of imidazole rings is 1. The number of anilines is 1. The van der Waals surface area contributed by atoms with Gasteiger partial charge in [0.1, 0.15) is 0 Å². The zero-order chi connectivity index (χ0) is 19.6. The molecule has 0 radical (unpaired) electrons. The highest BCUT2D eigenvalue weighted by atomic mass is 32.2. The molecule has 0 spiro atoms. The SMILES string of the molecule is CCCCn1c(SCC(=O)Nc2ccc3c(c2)OC(F)(F)O3)nc(C)c1C. The summed E-state index contributed by atoms with van der Waals surface area (Å²) >= 11 is 1.35. The zero-order valence-corrected chi connectivity index (χ0v) is 16.2. The zero-order valence-electron chi connectivity index (χ0n) is 15.3. The van der Waals surface area contributed by atoms with Crippen LogP contribution in [0.1, 0.15) is 31.2 Å². The second kappa shape index (κ2) is 7.75. The van der Waals surface area contributed by atoms with Gasteiger partial charge in [-0.1, -0.05) is 25.1 Å². The van der Waals surface area contributed by atoms with Gasteiger partial charge in [-0.2, -0.15) is 0 Å². The molecule has 0 fully saturated rings. The summed E-state index contributed by atoms with van der Waals surface area (Å²) in [5.74, 6) is -0.263. The Balaban J connectivity index is 1.61. The number of carbonyl (C=O) groups is 1. The third-order valence-electron chi connectivity index (χ3n) is 4.18. The average Bonchev–Trinajstić information content (AvgIpc) is 3.05. The first-order valence-electron chi connectivity index (χ1n) is 8.65. The average molecular weight is 397 g/mol. The van der Waals surface area contributed by atoms with Gasteiger partial charge in [0.05, 0.1) is 11.4 Å². The number of ether oxygens (including phenoxy) is 2. The number of benzene rings is 1. The number of hydrogen-bond donors (Lipinski definition) is 1. The smallest absolute Gasteiger partial charge is 0.395 e. The van der Waals surface area contributed by atoms with E-state index in [9.17, 15) is 13.6 Å². The fourth-order valence-corrected chi connectivity index (χ4v) is 3.59. The monoisotopic (exact) mass is 397 g/mol. The van der Waals surface area contributed by atoms with Crippen molar-refractivity contribution in [3.05, 3.63) is 29.6 Å². The van der Waals surface area contributed by atoms with E-state index < -0.39 is 6.29 Å². The van der Waals surface area contributed by atoms with Crippen LogP contribution in [0.25, 0.3) is 0 Å². The molecule has 1 aromatic heterocycles. The van der Waals surface area contributed by atoms with Gasteiger partial charge in [-0.25, -0.2) is 4.98 Å². The van der Waals surface area contributed by atoms with E-state index in [1.165, 1.54) is 30.0 Å². The predicted octanol–water partition coefficient (Wildman–Crippen LogP) is 4.35. The Kier molecular flexibility index (Phi) is 5.59. The highest BCUT2D eigenvalue weighted by Gasteiger charge is 2.43. The molecular weight excluding hydrogens is 376 g/mol. The van der Waals surface area contributed by atoms with Crippen molar-refractivity contribution in [2.45, 2.75) is 51.6 Å². The van der Waals surface area contributed by atoms with Gasteiger partial charge in [0.15, 0.2) is 16.7 Å². The number of aromatic nitrogens is 2. The van der Waals surface area contributed by atoms with Crippen molar-refractivity contribution < 1.29 is 23.0 Å². The number of unbranched alkanes of at least 4 members (excludes halogenated alkanes) is 1. The molecule has 0 atom stereocenters. The molecule has 2 aromatic rings. The van der Waals surface area contributed by atoms with E-state index in [-0.39, 0.29) is 23.2 Å². The molecule has 0 saturated carbocycles. The molecule has 1 aromatic carbocycles. The van der Waals surface area contributed by atoms with Crippen LogP contribution in [0, 0.1) is 13.8 Å². The van der Waals surface area contributed by atoms with Gasteiger partial charge in [-0.15, -0.1) is 8.78 Å². The Morgan fingerprint density at radius 2 is 2.04 bits per heavy atom. The number of halogens is 2. The summed E-state index contributed by atoms with van der Waals surface area (Å²) in [6.07, 6.45) is -1.56. The van der Waals surface area contributed by atoms with Crippen LogP contribution in [-0.2, 0) is 11.3 Å². The number of hydrogen-bond acceptors (Lipinski definition) is 5. The molecule has 3 rings (SSSR count). The Hall–Kier alpha value is -2.29. The van der Waals surface area contributed by atoms with Crippen LogP contribution in [0.2, 0.25) is 0 Å². The summed E-state index contributed by atoms with van der Waals surface area (Å²) in [5.41, 5.74) is 2.41. The number of nitrogens with zero attached hydrogens (tertiary/aromatic N) is 2. The molecule has 0 bridgehead atoms. The van der Waals surface area contributed by atoms with E-state index in [1.54, 1.807) is 0 Å². The summed E-state index contributed by atoms with van der Waals surface area (Å²) in [5, 5.41) is 3.48. The van der Waals surface area contributed by atoms with E-state index in [2.05, 4.69) is 31.3 Å². The lowest BCUT2D eigenvalue weighted by molar-refractivity contribution is -0.286. The summed E-state index contributed by atoms with van der Waals surface area (Å²) in [7, 11) is 0. The van der Waals surface area contributed by atoms with Gasteiger partial charge in [0.25, 0.3) is 0 Å². The maximum atomic E-state index is 13.1. The molecule has 0 aliphatic carbocycles. The lowest BCUT2D eigenvalue weighted by Gasteiger charge is -2.09. The second-order valence-electron chi connectivity index (χ2n) is 6.24. The van der Waals surface area contributed by atoms with E-state index in [1.807, 2.05) is 13.8 Å². The van der Waals surface area contributed by atoms with Gasteiger partial charge in [-0.3, -0.25) is 4.79 Å². The number of nitrogens with one attached hydrogen (secondary N) is 1. The molecule has 0 unspecified atom stereocenters. The van der Waals surface area contributed by atoms with Crippen molar-refractivity contribution >= 4 is 23.4 Å². The van der Waals surface area contributed by atoms with Crippen molar-refractivity contribution in [2.24, 2.45) is 0 Å². The molecule has 1 amide bonds. The Bertz CT molecular complexity index is 855. The van der Waals surface area contributed by atoms with Crippen molar-refractivity contribution in [3.8, 4) is 11.5 Å². The van der Waals surface area contributed by atoms with Gasteiger partial charge in [0.2, 0.25) is 5.91 Å². The number of aryl methyl sites for hydroxylation is 1. The molecule has 1 aliphatic heterocycles. The standard InChI is InChI=1S/C18H21F2N3O3S/c1-4-5-8-23-12(3)11(2)21-17(23)27-10-16(24)22-13-6-7-14-15(9-13)26-18(19,20)25-14/h6-7,9H,4-5,8,10H2,1-3H3,(H,22,24). The highest BCUT2D eigenvalue weighted by Crippen LogP contribution is 2.42. The van der Waals surface area contributed by atoms with Crippen LogP contribution in [0.5, 0.6) is 11.5 Å². The summed E-state index contributed by atoms with van der Waals surface area (Å²) in [4.78, 5) is 16.8. The molecule has 1 N–H and O–H groups in total. The molecule has 146 valence electrons. The number of carbonyl (C=O) groups excluding carboxylic acids is 1. The van der Waals surface area contributed by atoms with Gasteiger partial charge >= 0.3 is 6.29 Å². The van der Waals surface area contributed by atoms with Crippen molar-refractivity contribution in [3.63, 3.8) is 0 Å². The van der Waals surface area contributed by atoms with Crippen LogP contribution in [0.15, 0.2) is 23.4 Å². The van der Waals surface area contributed by atoms with Crippen LogP contribution in [0.4, 0.5) is 14.5 Å². The maximum Gasteiger partial charge on any atom is 0.586 e. The number of amides is 1. The van der Waals surface area contributed by atoms with E-state index in [0.717, 1.165) is 35.9 Å². The fraction of sp³-hybridized carbons (Fsp3) is 0.444. The highest BCUT2D eigenvalue weighted by molar-refractivity contribution is 7.99. The van der Waals surface area contributed by atoms with Crippen LogP contribution >= 0.6 is 11.8 Å². The molecule has 27 heavy (non-hydrogen) atoms. The minimum Gasteiger partial charge on any atom is -0.395 e. The van der Waals surface area contributed by atoms with Crippen molar-refractivity contribution in [2.75, 3.05) is 11.1 Å². The minimum absolute atomic E-state index is 0.0590. The molecule has 0 saturated heterocycles. The number of alkyl halides is 2. The minimum atomic E-state index is -3.67. The quantitative estimate of drug-likeness (QED) is 0.704. The lowest BCUT2D eigenvalue weighted by atomic mass is 10.3. The molecular formula is C18H21F2N3O3S. The number of rotatable bonds is 7. The largest absolute Gasteiger partial charge is 0.586 e. The third kappa shape index (κ3) is 4.52. The van der Waals surface area contributed by atoms with Crippen molar-refractivity contribution in [1.29, 1.82) is 0 Å². The third-order valence-corrected chi connectivity index (χ3v) is 5.15. The number of fused-ring (bicyclic) bond motifs is 1. The lowest BCUT2D eigenvalue weighted by Crippen LogP contribution is -2.25. The first-order valence-corrected chi connectivity index (χ1v) is 9.64. The predicted molar refractivity (Wildman–Crippen MR) is 98.6 cm³/mol. The van der Waals surface area contributed by atoms with E-state index in [4.69, 9.17) is 0 Å². The fourth-order valence-electron chi connectivity index (χ4n) is 2.67. The van der Waals surface area contributed by atoms with Crippen LogP contribution in [-0.4, -0.2) is 27.5 Å². The van der Waals surface area contributed by atoms with Crippen LogP contribution in [0.3, 0.4) is 0 Å². The van der Waals surface area contributed by atoms with Gasteiger partial charge < -0.3 is 19.4 Å².